The average molecular weight is 325 g/mol. The fraction of sp³-hybridized carbons (Fsp3) is 0.812. The summed E-state index contributed by atoms with van der Waals surface area (Å²) in [5.74, 6) is -1.77. The number of amides is 2. The maximum absolute atomic E-state index is 12.3. The Labute approximate surface area is 136 Å². The first-order valence-corrected chi connectivity index (χ1v) is 8.53. The van der Waals surface area contributed by atoms with E-state index < -0.39 is 12.0 Å². The summed E-state index contributed by atoms with van der Waals surface area (Å²) in [6.45, 7) is 5.62. The molecule has 7 nitrogen and oxygen atoms in total. The monoisotopic (exact) mass is 325 g/mol. The van der Waals surface area contributed by atoms with Gasteiger partial charge in [0.2, 0.25) is 5.91 Å². The Morgan fingerprint density at radius 3 is 2.30 bits per heavy atom. The number of nitrogens with one attached hydrogen (secondary N) is 1. The normalized spacial score (nSPS) is 23.8. The van der Waals surface area contributed by atoms with Crippen molar-refractivity contribution in [3.63, 3.8) is 0 Å². The van der Waals surface area contributed by atoms with Crippen LogP contribution >= 0.6 is 0 Å². The molecule has 0 bridgehead atoms. The van der Waals surface area contributed by atoms with Crippen molar-refractivity contribution in [2.45, 2.75) is 51.6 Å². The first kappa shape index (κ1) is 17.7. The lowest BCUT2D eigenvalue weighted by atomic mass is 9.94. The van der Waals surface area contributed by atoms with Gasteiger partial charge in [-0.15, -0.1) is 0 Å². The lowest BCUT2D eigenvalue weighted by Gasteiger charge is -2.33. The minimum atomic E-state index is -1.25. The number of nitrogens with zero attached hydrogens (tertiary/aromatic N) is 1. The number of hydrogen-bond acceptors (Lipinski definition) is 4. The summed E-state index contributed by atoms with van der Waals surface area (Å²) in [7, 11) is 0. The smallest absolute Gasteiger partial charge is 0.280 e. The molecule has 2 rings (SSSR count). The van der Waals surface area contributed by atoms with Gasteiger partial charge in [-0.1, -0.05) is 13.8 Å². The zero-order valence-electron chi connectivity index (χ0n) is 13.9. The maximum Gasteiger partial charge on any atom is 0.280 e. The van der Waals surface area contributed by atoms with Crippen LogP contribution < -0.4 is 15.7 Å². The van der Waals surface area contributed by atoms with Crippen molar-refractivity contribution in [3.8, 4) is 0 Å². The number of rotatable bonds is 5. The van der Waals surface area contributed by atoms with Gasteiger partial charge in [0.25, 0.3) is 5.91 Å². The molecular weight excluding hydrogens is 298 g/mol. The standard InChI is InChI=1S/C16H27N3O4/c1-10(2)13(16(22)23)18-14(20)11-5-8-19(9-6-11)15(21)12-4-3-7-17-12/h10-13,17H,3-9H2,1-2H3,(H,18,20)(H,22,23)/t12-,13-/m1/s1. The van der Waals surface area contributed by atoms with Crippen molar-refractivity contribution in [2.75, 3.05) is 19.6 Å². The van der Waals surface area contributed by atoms with Crippen LogP contribution in [0.5, 0.6) is 0 Å². The largest absolute Gasteiger partial charge is 0.548 e. The third-order valence-corrected chi connectivity index (χ3v) is 4.88. The molecule has 3 N–H and O–H groups in total. The number of aliphatic carboxylic acids is 1. The van der Waals surface area contributed by atoms with E-state index in [0.717, 1.165) is 19.4 Å². The first-order chi connectivity index (χ1) is 10.9. The number of carbonyl (C=O) groups is 3. The van der Waals surface area contributed by atoms with E-state index in [4.69, 9.17) is 0 Å². The minimum absolute atomic E-state index is 0.0452. The molecule has 0 aromatic carbocycles. The van der Waals surface area contributed by atoms with Crippen LogP contribution in [0.4, 0.5) is 0 Å². The van der Waals surface area contributed by atoms with Gasteiger partial charge in [0, 0.05) is 31.8 Å². The highest BCUT2D eigenvalue weighted by Gasteiger charge is 2.34. The predicted octanol–water partition coefficient (Wildman–Crippen LogP) is -2.16. The van der Waals surface area contributed by atoms with Crippen LogP contribution in [0.3, 0.4) is 0 Å². The SMILES string of the molecule is CC(C)[C@@H](NC(=O)C1CCN(C(=O)[C@H]2CCC[NH2+]2)CC1)C(=O)[O-]. The Morgan fingerprint density at radius 2 is 1.83 bits per heavy atom. The molecule has 2 aliphatic rings. The van der Waals surface area contributed by atoms with Crippen molar-refractivity contribution < 1.29 is 24.8 Å². The number of piperidine rings is 1. The van der Waals surface area contributed by atoms with Gasteiger partial charge in [-0.3, -0.25) is 9.59 Å². The van der Waals surface area contributed by atoms with E-state index >= 15 is 0 Å². The van der Waals surface area contributed by atoms with Crippen LogP contribution in [0.1, 0.15) is 39.5 Å². The summed E-state index contributed by atoms with van der Waals surface area (Å²) in [5, 5.41) is 15.7. The molecule has 2 aliphatic heterocycles. The van der Waals surface area contributed by atoms with E-state index in [9.17, 15) is 19.5 Å². The third kappa shape index (κ3) is 4.43. The molecule has 23 heavy (non-hydrogen) atoms. The highest BCUT2D eigenvalue weighted by molar-refractivity contribution is 5.85. The average Bonchev–Trinajstić information content (AvgIpc) is 3.05. The van der Waals surface area contributed by atoms with Gasteiger partial charge in [-0.2, -0.15) is 0 Å². The molecule has 2 atom stereocenters. The lowest BCUT2D eigenvalue weighted by Crippen LogP contribution is -2.89. The number of carboxylic acid groups (broad SMARTS) is 1. The van der Waals surface area contributed by atoms with E-state index in [0.29, 0.717) is 25.9 Å². The molecule has 0 saturated carbocycles. The van der Waals surface area contributed by atoms with Gasteiger partial charge in [0.15, 0.2) is 6.04 Å². The summed E-state index contributed by atoms with van der Waals surface area (Å²) in [6.07, 6.45) is 3.18. The molecule has 7 heteroatoms. The van der Waals surface area contributed by atoms with E-state index in [1.807, 2.05) is 4.90 Å². The van der Waals surface area contributed by atoms with Crippen molar-refractivity contribution in [2.24, 2.45) is 11.8 Å². The van der Waals surface area contributed by atoms with E-state index in [1.54, 1.807) is 13.8 Å². The molecule has 0 aromatic heterocycles. The zero-order chi connectivity index (χ0) is 17.0. The fourth-order valence-corrected chi connectivity index (χ4v) is 3.36. The molecule has 0 aromatic rings. The summed E-state index contributed by atoms with van der Waals surface area (Å²) in [4.78, 5) is 37.5. The number of likely N-dealkylation sites (tertiary alicyclic amines) is 1. The van der Waals surface area contributed by atoms with Crippen LogP contribution in [0.2, 0.25) is 0 Å². The van der Waals surface area contributed by atoms with Crippen LogP contribution in [-0.4, -0.2) is 54.4 Å². The lowest BCUT2D eigenvalue weighted by molar-refractivity contribution is -0.658. The molecule has 2 amide bonds. The second-order valence-corrected chi connectivity index (χ2v) is 6.92. The molecule has 2 heterocycles. The number of carboxylic acids is 1. The Balaban J connectivity index is 1.82. The maximum atomic E-state index is 12.3. The molecule has 0 aliphatic carbocycles. The van der Waals surface area contributed by atoms with E-state index in [1.165, 1.54) is 0 Å². The summed E-state index contributed by atoms with van der Waals surface area (Å²) in [6, 6.07) is -0.918. The van der Waals surface area contributed by atoms with Crippen LogP contribution in [0, 0.1) is 11.8 Å². The summed E-state index contributed by atoms with van der Waals surface area (Å²) < 4.78 is 0. The van der Waals surface area contributed by atoms with Crippen LogP contribution in [-0.2, 0) is 14.4 Å². The number of nitrogens with two attached hydrogens (primary N) is 1. The molecular formula is C16H27N3O4. The van der Waals surface area contributed by atoms with Gasteiger partial charge >= 0.3 is 0 Å². The van der Waals surface area contributed by atoms with Crippen molar-refractivity contribution in [1.82, 2.24) is 10.2 Å². The summed E-state index contributed by atoms with van der Waals surface area (Å²) in [5.41, 5.74) is 0. The van der Waals surface area contributed by atoms with Gasteiger partial charge in [-0.05, 0) is 18.8 Å². The highest BCUT2D eigenvalue weighted by Crippen LogP contribution is 2.19. The Kier molecular flexibility index (Phi) is 5.98. The Hall–Kier alpha value is -1.63. The second kappa shape index (κ2) is 7.77. The van der Waals surface area contributed by atoms with E-state index in [-0.39, 0.29) is 29.7 Å². The first-order valence-electron chi connectivity index (χ1n) is 8.53. The number of quaternary nitrogens is 1. The van der Waals surface area contributed by atoms with Crippen molar-refractivity contribution in [3.05, 3.63) is 0 Å². The second-order valence-electron chi connectivity index (χ2n) is 6.92. The van der Waals surface area contributed by atoms with Gasteiger partial charge in [0.1, 0.15) is 0 Å². The third-order valence-electron chi connectivity index (χ3n) is 4.88. The van der Waals surface area contributed by atoms with Crippen molar-refractivity contribution >= 4 is 17.8 Å². The quantitative estimate of drug-likeness (QED) is 0.600. The van der Waals surface area contributed by atoms with Gasteiger partial charge in [0.05, 0.1) is 18.6 Å². The van der Waals surface area contributed by atoms with Crippen LogP contribution in [0.15, 0.2) is 0 Å². The van der Waals surface area contributed by atoms with Gasteiger partial charge in [-0.25, -0.2) is 0 Å². The summed E-state index contributed by atoms with van der Waals surface area (Å²) >= 11 is 0. The predicted molar refractivity (Wildman–Crippen MR) is 80.9 cm³/mol. The molecule has 0 radical (unpaired) electrons. The molecule has 2 fully saturated rings. The Morgan fingerprint density at radius 1 is 1.17 bits per heavy atom. The number of carbonyl (C=O) groups excluding carboxylic acids is 3. The van der Waals surface area contributed by atoms with Crippen LogP contribution in [0.25, 0.3) is 0 Å². The molecule has 130 valence electrons. The topological polar surface area (TPSA) is 106 Å². The molecule has 0 spiro atoms. The van der Waals surface area contributed by atoms with E-state index in [2.05, 4.69) is 10.6 Å². The Bertz CT molecular complexity index is 452. The van der Waals surface area contributed by atoms with Gasteiger partial charge < -0.3 is 25.4 Å². The molecule has 2 saturated heterocycles. The number of hydrogen-bond donors (Lipinski definition) is 2. The molecule has 0 unspecified atom stereocenters. The van der Waals surface area contributed by atoms with Crippen molar-refractivity contribution in [1.29, 1.82) is 0 Å². The highest BCUT2D eigenvalue weighted by atomic mass is 16.4. The minimum Gasteiger partial charge on any atom is -0.548 e. The zero-order valence-corrected chi connectivity index (χ0v) is 13.9. The fourth-order valence-electron chi connectivity index (χ4n) is 3.36.